The number of rotatable bonds is 7. The second-order valence-electron chi connectivity index (χ2n) is 12.6. The predicted octanol–water partition coefficient (Wildman–Crippen LogP) is 6.64. The maximum Gasteiger partial charge on any atom is 0.321 e. The highest BCUT2D eigenvalue weighted by Gasteiger charge is 2.27. The summed E-state index contributed by atoms with van der Waals surface area (Å²) in [5.41, 5.74) is 4.68. The van der Waals surface area contributed by atoms with Crippen LogP contribution in [-0.2, 0) is 28.5 Å². The number of nitrogens with zero attached hydrogens (tertiary/aromatic N) is 2. The standard InChI is InChI=1S/C32H47N3O3/c1-8-9-14-28(36)34-17-19-35(20-18-34)30(38)33-27-13-11-10-12-24(27)16-15-23-21-25(31(2,3)4)29(37)26(22-23)32(5,6)7/h10-13,21-22,37H,8-9,14-20H2,1-7H3,(H,33,38). The van der Waals surface area contributed by atoms with Gasteiger partial charge in [-0.05, 0) is 58.4 Å². The van der Waals surface area contributed by atoms with Crippen LogP contribution < -0.4 is 5.32 Å². The smallest absolute Gasteiger partial charge is 0.321 e. The molecule has 2 aromatic rings. The van der Waals surface area contributed by atoms with Crippen molar-refractivity contribution < 1.29 is 14.7 Å². The van der Waals surface area contributed by atoms with Gasteiger partial charge in [0.05, 0.1) is 0 Å². The number of unbranched alkanes of at least 4 members (excludes halogenated alkanes) is 1. The Morgan fingerprint density at radius 1 is 0.868 bits per heavy atom. The number of carbonyl (C=O) groups is 2. The third-order valence-electron chi connectivity index (χ3n) is 7.39. The molecule has 6 nitrogen and oxygen atoms in total. The summed E-state index contributed by atoms with van der Waals surface area (Å²) >= 11 is 0. The van der Waals surface area contributed by atoms with Crippen LogP contribution in [0.15, 0.2) is 36.4 Å². The molecule has 0 unspecified atom stereocenters. The van der Waals surface area contributed by atoms with E-state index in [9.17, 15) is 14.7 Å². The van der Waals surface area contributed by atoms with Gasteiger partial charge < -0.3 is 20.2 Å². The minimum Gasteiger partial charge on any atom is -0.507 e. The molecule has 0 bridgehead atoms. The highest BCUT2D eigenvalue weighted by atomic mass is 16.3. The first-order valence-electron chi connectivity index (χ1n) is 14.1. The van der Waals surface area contributed by atoms with Gasteiger partial charge in [0.1, 0.15) is 5.75 Å². The molecule has 0 atom stereocenters. The maximum atomic E-state index is 13.1. The van der Waals surface area contributed by atoms with E-state index in [-0.39, 0.29) is 22.8 Å². The van der Waals surface area contributed by atoms with Crippen molar-refractivity contribution in [3.05, 3.63) is 58.7 Å². The van der Waals surface area contributed by atoms with Crippen molar-refractivity contribution in [2.75, 3.05) is 31.5 Å². The number of nitrogens with one attached hydrogen (secondary N) is 1. The molecule has 0 spiro atoms. The van der Waals surface area contributed by atoms with E-state index in [4.69, 9.17) is 0 Å². The molecule has 0 radical (unpaired) electrons. The first kappa shape index (κ1) is 29.5. The van der Waals surface area contributed by atoms with Gasteiger partial charge in [-0.1, -0.05) is 85.2 Å². The average molecular weight is 522 g/mol. The molecular weight excluding hydrogens is 474 g/mol. The zero-order chi connectivity index (χ0) is 28.1. The zero-order valence-corrected chi connectivity index (χ0v) is 24.5. The Hall–Kier alpha value is -3.02. The lowest BCUT2D eigenvalue weighted by Crippen LogP contribution is -2.51. The fourth-order valence-corrected chi connectivity index (χ4v) is 4.96. The van der Waals surface area contributed by atoms with E-state index in [0.29, 0.717) is 38.3 Å². The number of phenolic OH excluding ortho intramolecular Hbond substituents is 1. The van der Waals surface area contributed by atoms with Crippen molar-refractivity contribution in [3.8, 4) is 5.75 Å². The van der Waals surface area contributed by atoms with Crippen LogP contribution in [0.5, 0.6) is 5.75 Å². The van der Waals surface area contributed by atoms with Gasteiger partial charge in [0.25, 0.3) is 0 Å². The zero-order valence-electron chi connectivity index (χ0n) is 24.5. The molecule has 0 saturated carbocycles. The number of hydrogen-bond acceptors (Lipinski definition) is 3. The number of phenols is 1. The fourth-order valence-electron chi connectivity index (χ4n) is 4.96. The molecule has 1 fully saturated rings. The van der Waals surface area contributed by atoms with E-state index in [2.05, 4.69) is 72.0 Å². The summed E-state index contributed by atoms with van der Waals surface area (Å²) in [5, 5.41) is 14.2. The third-order valence-corrected chi connectivity index (χ3v) is 7.39. The second-order valence-corrected chi connectivity index (χ2v) is 12.6. The molecule has 1 heterocycles. The van der Waals surface area contributed by atoms with Gasteiger partial charge in [-0.25, -0.2) is 4.79 Å². The Morgan fingerprint density at radius 3 is 1.97 bits per heavy atom. The van der Waals surface area contributed by atoms with Crippen LogP contribution in [0.2, 0.25) is 0 Å². The second kappa shape index (κ2) is 12.2. The molecule has 0 aromatic heterocycles. The highest BCUT2D eigenvalue weighted by molar-refractivity contribution is 5.90. The highest BCUT2D eigenvalue weighted by Crippen LogP contribution is 2.40. The van der Waals surface area contributed by atoms with Crippen molar-refractivity contribution in [2.45, 2.75) is 91.4 Å². The van der Waals surface area contributed by atoms with E-state index < -0.39 is 0 Å². The van der Waals surface area contributed by atoms with E-state index >= 15 is 0 Å². The van der Waals surface area contributed by atoms with E-state index in [0.717, 1.165) is 48.1 Å². The van der Waals surface area contributed by atoms with Crippen molar-refractivity contribution >= 4 is 17.6 Å². The van der Waals surface area contributed by atoms with Crippen LogP contribution in [0.4, 0.5) is 10.5 Å². The molecule has 2 N–H and O–H groups in total. The molecule has 2 aromatic carbocycles. The third kappa shape index (κ3) is 7.52. The number of piperazine rings is 1. The molecule has 208 valence electrons. The number of carbonyl (C=O) groups excluding carboxylic acids is 2. The number of aryl methyl sites for hydroxylation is 2. The number of hydrogen-bond donors (Lipinski definition) is 2. The molecule has 0 aliphatic carbocycles. The molecule has 1 saturated heterocycles. The number of amides is 3. The van der Waals surface area contributed by atoms with Crippen LogP contribution in [0.3, 0.4) is 0 Å². The van der Waals surface area contributed by atoms with Crippen LogP contribution in [-0.4, -0.2) is 53.0 Å². The Kier molecular flexibility index (Phi) is 9.50. The van der Waals surface area contributed by atoms with Gasteiger partial charge in [0.2, 0.25) is 5.91 Å². The van der Waals surface area contributed by atoms with Crippen molar-refractivity contribution in [1.82, 2.24) is 9.80 Å². The quantitative estimate of drug-likeness (QED) is 0.429. The van der Waals surface area contributed by atoms with Gasteiger partial charge in [-0.15, -0.1) is 0 Å². The lowest BCUT2D eigenvalue weighted by molar-refractivity contribution is -0.132. The largest absolute Gasteiger partial charge is 0.507 e. The molecule has 1 aliphatic rings. The summed E-state index contributed by atoms with van der Waals surface area (Å²) < 4.78 is 0. The Labute approximate surface area is 229 Å². The fraction of sp³-hybridized carbons (Fsp3) is 0.562. The number of benzene rings is 2. The Morgan fingerprint density at radius 2 is 1.42 bits per heavy atom. The molecule has 6 heteroatoms. The first-order valence-corrected chi connectivity index (χ1v) is 14.1. The van der Waals surface area contributed by atoms with Crippen molar-refractivity contribution in [2.24, 2.45) is 0 Å². The number of aromatic hydroxyl groups is 1. The van der Waals surface area contributed by atoms with Crippen LogP contribution in [0.1, 0.15) is 90.0 Å². The van der Waals surface area contributed by atoms with Crippen LogP contribution in [0.25, 0.3) is 0 Å². The summed E-state index contributed by atoms with van der Waals surface area (Å²) in [6.07, 6.45) is 4.09. The first-order chi connectivity index (χ1) is 17.8. The monoisotopic (exact) mass is 521 g/mol. The number of para-hydroxylation sites is 1. The Bertz CT molecular complexity index is 1080. The van der Waals surface area contributed by atoms with Crippen molar-refractivity contribution in [3.63, 3.8) is 0 Å². The number of urea groups is 1. The summed E-state index contributed by atoms with van der Waals surface area (Å²) in [6.45, 7) is 17.1. The van der Waals surface area contributed by atoms with Gasteiger partial charge in [0, 0.05) is 38.3 Å². The Balaban J connectivity index is 1.69. The number of anilines is 1. The van der Waals surface area contributed by atoms with Gasteiger partial charge in [-0.3, -0.25) is 4.79 Å². The van der Waals surface area contributed by atoms with E-state index in [1.54, 1.807) is 4.90 Å². The lowest BCUT2D eigenvalue weighted by Gasteiger charge is -2.35. The lowest BCUT2D eigenvalue weighted by atomic mass is 9.78. The summed E-state index contributed by atoms with van der Waals surface area (Å²) in [4.78, 5) is 29.1. The van der Waals surface area contributed by atoms with Crippen LogP contribution >= 0.6 is 0 Å². The summed E-state index contributed by atoms with van der Waals surface area (Å²) in [7, 11) is 0. The molecule has 1 aliphatic heterocycles. The average Bonchev–Trinajstić information content (AvgIpc) is 2.86. The molecule has 38 heavy (non-hydrogen) atoms. The van der Waals surface area contributed by atoms with E-state index in [1.807, 2.05) is 23.1 Å². The molecular formula is C32H47N3O3. The van der Waals surface area contributed by atoms with E-state index in [1.165, 1.54) is 5.56 Å². The maximum absolute atomic E-state index is 13.1. The summed E-state index contributed by atoms with van der Waals surface area (Å²) in [5.74, 6) is 0.587. The minimum absolute atomic E-state index is 0.118. The normalized spacial score (nSPS) is 14.5. The van der Waals surface area contributed by atoms with Gasteiger partial charge in [-0.2, -0.15) is 0 Å². The van der Waals surface area contributed by atoms with Crippen molar-refractivity contribution in [1.29, 1.82) is 0 Å². The predicted molar refractivity (Wildman–Crippen MR) is 156 cm³/mol. The van der Waals surface area contributed by atoms with Gasteiger partial charge in [0.15, 0.2) is 0 Å². The van der Waals surface area contributed by atoms with Gasteiger partial charge >= 0.3 is 6.03 Å². The molecule has 3 rings (SSSR count). The summed E-state index contributed by atoms with van der Waals surface area (Å²) in [6, 6.07) is 12.1. The molecule has 3 amide bonds. The minimum atomic E-state index is -0.170. The topological polar surface area (TPSA) is 72.9 Å². The van der Waals surface area contributed by atoms with Crippen LogP contribution in [0, 0.1) is 0 Å². The SMILES string of the molecule is CCCCC(=O)N1CCN(C(=O)Nc2ccccc2CCc2cc(C(C)(C)C)c(O)c(C(C)(C)C)c2)CC1.